The summed E-state index contributed by atoms with van der Waals surface area (Å²) in [7, 11) is 0. The van der Waals surface area contributed by atoms with Crippen LogP contribution in [0.4, 0.5) is 19.0 Å². The molecule has 148 valence electrons. The monoisotopic (exact) mass is 400 g/mol. The molecule has 0 atom stereocenters. The first kappa shape index (κ1) is 20.0. The van der Waals surface area contributed by atoms with Gasteiger partial charge in [0.2, 0.25) is 0 Å². The number of carbonyl (C=O) groups is 1. The first-order valence-corrected chi connectivity index (χ1v) is 8.55. The highest BCUT2D eigenvalue weighted by molar-refractivity contribution is 6.04. The molecule has 0 aliphatic carbocycles. The van der Waals surface area contributed by atoms with E-state index in [0.717, 1.165) is 12.1 Å². The van der Waals surface area contributed by atoms with E-state index in [1.807, 2.05) is 6.92 Å². The van der Waals surface area contributed by atoms with Crippen molar-refractivity contribution in [3.8, 4) is 5.88 Å². The molecule has 0 aliphatic heterocycles. The summed E-state index contributed by atoms with van der Waals surface area (Å²) in [6.07, 6.45) is 3.22. The van der Waals surface area contributed by atoms with Crippen LogP contribution in [0.5, 0.6) is 5.88 Å². The van der Waals surface area contributed by atoms with Gasteiger partial charge in [0.25, 0.3) is 11.8 Å². The number of carbonyl (C=O) groups excluding carboxylic acids is 1. The number of halogens is 3. The summed E-state index contributed by atoms with van der Waals surface area (Å²) in [4.78, 5) is 24.9. The largest absolute Gasteiger partial charge is 0.333 e. The summed E-state index contributed by atoms with van der Waals surface area (Å²) in [6, 6.07) is 8.79. The summed E-state index contributed by atoms with van der Waals surface area (Å²) in [5.74, 6) is -3.73. The van der Waals surface area contributed by atoms with Gasteiger partial charge in [0, 0.05) is 18.0 Å². The minimum atomic E-state index is -0.974. The lowest BCUT2D eigenvalue weighted by Gasteiger charge is -2.08. The van der Waals surface area contributed by atoms with Crippen LogP contribution in [0.2, 0.25) is 0 Å². The maximum atomic E-state index is 13.7. The second-order valence-corrected chi connectivity index (χ2v) is 5.76. The molecule has 3 aromatic rings. The molecule has 0 fully saturated rings. The van der Waals surface area contributed by atoms with Gasteiger partial charge in [-0.05, 0) is 42.8 Å². The second-order valence-electron chi connectivity index (χ2n) is 5.76. The Kier molecular flexibility index (Phi) is 6.18. The number of amides is 1. The zero-order valence-corrected chi connectivity index (χ0v) is 15.2. The Morgan fingerprint density at radius 3 is 2.38 bits per heavy atom. The molecule has 0 unspecified atom stereocenters. The van der Waals surface area contributed by atoms with Crippen LogP contribution >= 0.6 is 0 Å². The van der Waals surface area contributed by atoms with Crippen LogP contribution in [0.25, 0.3) is 0 Å². The summed E-state index contributed by atoms with van der Waals surface area (Å²) in [6.45, 7) is 1.81. The minimum Gasteiger partial charge on any atom is -0.333 e. The van der Waals surface area contributed by atoms with E-state index in [9.17, 15) is 18.0 Å². The number of hydrogen-bond donors (Lipinski definition) is 1. The maximum absolute atomic E-state index is 13.7. The quantitative estimate of drug-likeness (QED) is 0.493. The highest BCUT2D eigenvalue weighted by Gasteiger charge is 2.17. The molecule has 6 nitrogen and oxygen atoms in total. The van der Waals surface area contributed by atoms with Crippen molar-refractivity contribution in [1.82, 2.24) is 9.97 Å². The number of oxime groups is 1. The summed E-state index contributed by atoms with van der Waals surface area (Å²) < 4.78 is 40.9. The molecule has 2 aromatic heterocycles. The molecular weight excluding hydrogens is 385 g/mol. The summed E-state index contributed by atoms with van der Waals surface area (Å²) in [5.41, 5.74) is 0.319. The number of rotatable bonds is 6. The van der Waals surface area contributed by atoms with E-state index in [0.29, 0.717) is 17.7 Å². The van der Waals surface area contributed by atoms with Gasteiger partial charge in [-0.2, -0.15) is 0 Å². The van der Waals surface area contributed by atoms with Crippen molar-refractivity contribution in [3.05, 3.63) is 83.4 Å². The van der Waals surface area contributed by atoms with Gasteiger partial charge in [-0.25, -0.2) is 23.1 Å². The first-order chi connectivity index (χ1) is 14.0. The van der Waals surface area contributed by atoms with Crippen LogP contribution < -0.4 is 10.2 Å². The van der Waals surface area contributed by atoms with Crippen molar-refractivity contribution in [1.29, 1.82) is 0 Å². The zero-order chi connectivity index (χ0) is 20.8. The third kappa shape index (κ3) is 4.75. The van der Waals surface area contributed by atoms with Crippen molar-refractivity contribution >= 4 is 17.4 Å². The molecule has 2 heterocycles. The van der Waals surface area contributed by atoms with Crippen LogP contribution in [0.15, 0.2) is 60.0 Å². The Labute approximate surface area is 164 Å². The van der Waals surface area contributed by atoms with E-state index in [2.05, 4.69) is 20.4 Å². The van der Waals surface area contributed by atoms with Crippen molar-refractivity contribution in [2.24, 2.45) is 5.16 Å². The van der Waals surface area contributed by atoms with Gasteiger partial charge in [0.1, 0.15) is 23.0 Å². The van der Waals surface area contributed by atoms with Gasteiger partial charge in [0.05, 0.1) is 5.71 Å². The number of hydrogen-bond acceptors (Lipinski definition) is 5. The standard InChI is InChI=1S/C20H15F3N4O2/c1-2-16(27-29-20-15(23)7-4-10-24-20)12-8-9-17(25-11-12)26-19(28)18-13(21)5-3-6-14(18)22/h3-11H,2H2,1H3,(H,25,26,28)/b27-16-. The highest BCUT2D eigenvalue weighted by atomic mass is 19.1. The van der Waals surface area contributed by atoms with Crippen LogP contribution in [0, 0.1) is 17.5 Å². The molecule has 29 heavy (non-hydrogen) atoms. The van der Waals surface area contributed by atoms with E-state index in [-0.39, 0.29) is 11.7 Å². The Balaban J connectivity index is 1.74. The molecule has 1 aromatic carbocycles. The van der Waals surface area contributed by atoms with Gasteiger partial charge in [-0.1, -0.05) is 18.1 Å². The van der Waals surface area contributed by atoms with E-state index >= 15 is 0 Å². The number of benzene rings is 1. The predicted molar refractivity (Wildman–Crippen MR) is 100 cm³/mol. The van der Waals surface area contributed by atoms with Crippen molar-refractivity contribution < 1.29 is 22.8 Å². The van der Waals surface area contributed by atoms with Crippen molar-refractivity contribution in [2.45, 2.75) is 13.3 Å². The zero-order valence-electron chi connectivity index (χ0n) is 15.2. The first-order valence-electron chi connectivity index (χ1n) is 8.55. The Morgan fingerprint density at radius 2 is 1.76 bits per heavy atom. The minimum absolute atomic E-state index is 0.0912. The topological polar surface area (TPSA) is 76.5 Å². The van der Waals surface area contributed by atoms with E-state index < -0.39 is 28.9 Å². The number of pyridine rings is 2. The number of nitrogens with zero attached hydrogens (tertiary/aromatic N) is 3. The molecule has 0 saturated heterocycles. The molecule has 0 saturated carbocycles. The van der Waals surface area contributed by atoms with E-state index in [4.69, 9.17) is 4.84 Å². The van der Waals surface area contributed by atoms with Crippen LogP contribution in [0.1, 0.15) is 29.3 Å². The second kappa shape index (κ2) is 8.96. The molecule has 1 amide bonds. The fraction of sp³-hybridized carbons (Fsp3) is 0.100. The number of anilines is 1. The fourth-order valence-corrected chi connectivity index (χ4v) is 2.39. The molecule has 0 bridgehead atoms. The maximum Gasteiger partial charge on any atom is 0.284 e. The molecule has 3 rings (SSSR count). The number of nitrogens with one attached hydrogen (secondary N) is 1. The SMILES string of the molecule is CC/C(=N/Oc1ncccc1F)c1ccc(NC(=O)c2c(F)cccc2F)nc1. The van der Waals surface area contributed by atoms with Crippen molar-refractivity contribution in [3.63, 3.8) is 0 Å². The van der Waals surface area contributed by atoms with E-state index in [1.165, 1.54) is 36.7 Å². The Bertz CT molecular complexity index is 1040. The molecule has 0 radical (unpaired) electrons. The lowest BCUT2D eigenvalue weighted by Crippen LogP contribution is -2.16. The Morgan fingerprint density at radius 1 is 1.03 bits per heavy atom. The molecule has 9 heteroatoms. The van der Waals surface area contributed by atoms with Gasteiger partial charge in [-0.15, -0.1) is 0 Å². The highest BCUT2D eigenvalue weighted by Crippen LogP contribution is 2.16. The van der Waals surface area contributed by atoms with Crippen LogP contribution in [-0.4, -0.2) is 21.6 Å². The average molecular weight is 400 g/mol. The van der Waals surface area contributed by atoms with Crippen LogP contribution in [-0.2, 0) is 0 Å². The summed E-state index contributed by atoms with van der Waals surface area (Å²) >= 11 is 0. The smallest absolute Gasteiger partial charge is 0.284 e. The molecular formula is C20H15F3N4O2. The summed E-state index contributed by atoms with van der Waals surface area (Å²) in [5, 5.41) is 6.22. The average Bonchev–Trinajstić information content (AvgIpc) is 2.70. The number of aromatic nitrogens is 2. The molecule has 1 N–H and O–H groups in total. The Hall–Kier alpha value is -3.75. The lowest BCUT2D eigenvalue weighted by molar-refractivity contribution is 0.101. The van der Waals surface area contributed by atoms with Crippen molar-refractivity contribution in [2.75, 3.05) is 5.32 Å². The third-order valence-corrected chi connectivity index (χ3v) is 3.83. The molecule has 0 spiro atoms. The van der Waals surface area contributed by atoms with Gasteiger partial charge < -0.3 is 10.2 Å². The van der Waals surface area contributed by atoms with Crippen LogP contribution in [0.3, 0.4) is 0 Å². The van der Waals surface area contributed by atoms with Gasteiger partial charge >= 0.3 is 0 Å². The van der Waals surface area contributed by atoms with Gasteiger partial charge in [-0.3, -0.25) is 4.79 Å². The van der Waals surface area contributed by atoms with Gasteiger partial charge in [0.15, 0.2) is 5.82 Å². The fourth-order valence-electron chi connectivity index (χ4n) is 2.39. The molecule has 0 aliphatic rings. The lowest BCUT2D eigenvalue weighted by atomic mass is 10.1. The normalized spacial score (nSPS) is 11.2. The van der Waals surface area contributed by atoms with E-state index in [1.54, 1.807) is 6.07 Å². The predicted octanol–water partition coefficient (Wildman–Crippen LogP) is 4.34. The third-order valence-electron chi connectivity index (χ3n) is 3.83.